The Hall–Kier alpha value is -6.07. The molecule has 0 spiro atoms. The summed E-state index contributed by atoms with van der Waals surface area (Å²) in [6, 6.07) is 8.25. The highest BCUT2D eigenvalue weighted by Gasteiger charge is 2.16. The Kier molecular flexibility index (Phi) is 9.48. The van der Waals surface area contributed by atoms with Crippen LogP contribution in [0.1, 0.15) is 18.4 Å². The number of pyridine rings is 1. The summed E-state index contributed by atoms with van der Waals surface area (Å²) in [5.74, 6) is 0.698. The summed E-state index contributed by atoms with van der Waals surface area (Å²) in [6.45, 7) is 3.74. The van der Waals surface area contributed by atoms with E-state index in [0.29, 0.717) is 35.1 Å². The van der Waals surface area contributed by atoms with Gasteiger partial charge in [-0.25, -0.2) is 29.3 Å². The normalized spacial score (nSPS) is 13.3. The summed E-state index contributed by atoms with van der Waals surface area (Å²) in [5.41, 5.74) is 11.5. The van der Waals surface area contributed by atoms with E-state index in [1.165, 1.54) is 19.9 Å². The molecule has 1 saturated heterocycles. The van der Waals surface area contributed by atoms with Gasteiger partial charge in [-0.15, -0.1) is 10.2 Å². The van der Waals surface area contributed by atoms with Gasteiger partial charge in [0.15, 0.2) is 11.3 Å². The van der Waals surface area contributed by atoms with Gasteiger partial charge in [-0.1, -0.05) is 22.6 Å². The van der Waals surface area contributed by atoms with Crippen LogP contribution in [0.2, 0.25) is 0 Å². The maximum absolute atomic E-state index is 4.69. The SMILES string of the molecule is CN.Cn1cc(-c2cnc3nnn(Cc4ccc5cnccc5c4)c3n2)cn1.Cn1nnc2ncc(-c3cnn(CC4CCNCC4)c3)nc21. The lowest BCUT2D eigenvalue weighted by atomic mass is 9.98. The van der Waals surface area contributed by atoms with E-state index in [2.05, 4.69) is 85.0 Å². The second kappa shape index (κ2) is 14.6. The van der Waals surface area contributed by atoms with Crippen LogP contribution < -0.4 is 11.1 Å². The second-order valence-corrected chi connectivity index (χ2v) is 11.9. The fraction of sp³-hybridized carbons (Fsp3) is 0.303. The predicted octanol–water partition coefficient (Wildman–Crippen LogP) is 2.41. The van der Waals surface area contributed by atoms with E-state index >= 15 is 0 Å². The molecule has 1 aromatic carbocycles. The summed E-state index contributed by atoms with van der Waals surface area (Å²) in [4.78, 5) is 22.1. The van der Waals surface area contributed by atoms with Crippen molar-refractivity contribution in [2.75, 3.05) is 20.1 Å². The number of rotatable bonds is 6. The van der Waals surface area contributed by atoms with Gasteiger partial charge in [-0.05, 0) is 62.0 Å². The van der Waals surface area contributed by atoms with Crippen molar-refractivity contribution in [3.05, 3.63) is 79.4 Å². The number of hydrogen-bond acceptors (Lipinski definition) is 13. The zero-order chi connectivity index (χ0) is 34.5. The average molecular weight is 672 g/mol. The predicted molar refractivity (Wildman–Crippen MR) is 187 cm³/mol. The van der Waals surface area contributed by atoms with Crippen molar-refractivity contribution in [1.82, 2.24) is 79.8 Å². The monoisotopic (exact) mass is 671 g/mol. The lowest BCUT2D eigenvalue weighted by Gasteiger charge is -2.22. The molecule has 1 aliphatic rings. The first-order valence-electron chi connectivity index (χ1n) is 16.3. The number of nitrogens with one attached hydrogen (secondary N) is 1. The Labute approximate surface area is 286 Å². The Bertz CT molecular complexity index is 2340. The lowest BCUT2D eigenvalue weighted by Crippen LogP contribution is -2.29. The van der Waals surface area contributed by atoms with Crippen molar-refractivity contribution >= 4 is 33.4 Å². The molecule has 8 aromatic rings. The van der Waals surface area contributed by atoms with Gasteiger partial charge in [0.05, 0.1) is 42.7 Å². The molecule has 9 rings (SSSR count). The zero-order valence-corrected chi connectivity index (χ0v) is 28.0. The maximum atomic E-state index is 4.69. The third kappa shape index (κ3) is 7.03. The number of piperidine rings is 1. The Balaban J connectivity index is 0.000000151. The summed E-state index contributed by atoms with van der Waals surface area (Å²) in [5, 5.41) is 30.5. The average Bonchev–Trinajstić information content (AvgIpc) is 3.98. The van der Waals surface area contributed by atoms with Gasteiger partial charge in [0, 0.05) is 61.9 Å². The quantitative estimate of drug-likeness (QED) is 0.261. The fourth-order valence-corrected chi connectivity index (χ4v) is 5.83. The number of hydrogen-bond donors (Lipinski definition) is 2. The minimum absolute atomic E-state index is 0.530. The summed E-state index contributed by atoms with van der Waals surface area (Å²) in [7, 11) is 5.19. The third-order valence-corrected chi connectivity index (χ3v) is 8.41. The topological polar surface area (TPSA) is 200 Å². The van der Waals surface area contributed by atoms with E-state index < -0.39 is 0 Å². The third-order valence-electron chi connectivity index (χ3n) is 8.41. The number of fused-ring (bicyclic) bond motifs is 3. The molecule has 1 aliphatic heterocycles. The van der Waals surface area contributed by atoms with Gasteiger partial charge in [0.2, 0.25) is 11.3 Å². The van der Waals surface area contributed by atoms with Crippen LogP contribution in [0.3, 0.4) is 0 Å². The van der Waals surface area contributed by atoms with Gasteiger partial charge >= 0.3 is 0 Å². The molecule has 50 heavy (non-hydrogen) atoms. The number of aromatic nitrogens is 15. The zero-order valence-electron chi connectivity index (χ0n) is 28.0. The highest BCUT2D eigenvalue weighted by molar-refractivity contribution is 5.82. The number of nitrogens with two attached hydrogens (primary N) is 1. The fourth-order valence-electron chi connectivity index (χ4n) is 5.83. The van der Waals surface area contributed by atoms with Crippen LogP contribution in [0.4, 0.5) is 0 Å². The molecule has 0 unspecified atom stereocenters. The van der Waals surface area contributed by atoms with Crippen LogP contribution >= 0.6 is 0 Å². The first kappa shape index (κ1) is 32.5. The van der Waals surface area contributed by atoms with Gasteiger partial charge in [0.1, 0.15) is 0 Å². The van der Waals surface area contributed by atoms with Crippen LogP contribution in [-0.4, -0.2) is 94.6 Å². The summed E-state index contributed by atoms with van der Waals surface area (Å²) >= 11 is 0. The molecule has 17 heteroatoms. The molecule has 3 N–H and O–H groups in total. The molecule has 0 radical (unpaired) electrons. The highest BCUT2D eigenvalue weighted by atomic mass is 15.5. The van der Waals surface area contributed by atoms with Crippen LogP contribution in [0, 0.1) is 5.92 Å². The number of aryl methyl sites for hydroxylation is 2. The molecule has 0 aliphatic carbocycles. The van der Waals surface area contributed by atoms with Gasteiger partial charge in [-0.3, -0.25) is 14.3 Å². The smallest absolute Gasteiger partial charge is 0.221 e. The van der Waals surface area contributed by atoms with E-state index in [1.807, 2.05) is 49.6 Å². The van der Waals surface area contributed by atoms with Gasteiger partial charge in [0.25, 0.3) is 0 Å². The molecule has 7 aromatic heterocycles. The molecule has 17 nitrogen and oxygen atoms in total. The largest absolute Gasteiger partial charge is 0.333 e. The number of nitrogens with zero attached hydrogens (tertiary/aromatic N) is 15. The van der Waals surface area contributed by atoms with Crippen LogP contribution in [0.25, 0.3) is 55.9 Å². The first-order valence-corrected chi connectivity index (χ1v) is 16.3. The summed E-state index contributed by atoms with van der Waals surface area (Å²) in [6.07, 6.45) is 17.1. The molecule has 0 amide bonds. The Morgan fingerprint density at radius 3 is 2.28 bits per heavy atom. The molecule has 8 heterocycles. The van der Waals surface area contributed by atoms with E-state index in [4.69, 9.17) is 0 Å². The van der Waals surface area contributed by atoms with Crippen LogP contribution in [-0.2, 0) is 27.2 Å². The maximum Gasteiger partial charge on any atom is 0.221 e. The molecule has 0 atom stereocenters. The van der Waals surface area contributed by atoms with Crippen molar-refractivity contribution in [3.8, 4) is 22.5 Å². The Morgan fingerprint density at radius 2 is 1.50 bits per heavy atom. The van der Waals surface area contributed by atoms with Crippen LogP contribution in [0.5, 0.6) is 0 Å². The lowest BCUT2D eigenvalue weighted by molar-refractivity contribution is 0.321. The highest BCUT2D eigenvalue weighted by Crippen LogP contribution is 2.21. The first-order chi connectivity index (χ1) is 24.6. The van der Waals surface area contributed by atoms with E-state index in [9.17, 15) is 0 Å². The van der Waals surface area contributed by atoms with E-state index in [1.54, 1.807) is 38.8 Å². The van der Waals surface area contributed by atoms with E-state index in [-0.39, 0.29) is 0 Å². The number of benzene rings is 1. The van der Waals surface area contributed by atoms with Gasteiger partial charge in [-0.2, -0.15) is 10.2 Å². The minimum Gasteiger partial charge on any atom is -0.333 e. The van der Waals surface area contributed by atoms with Crippen molar-refractivity contribution in [3.63, 3.8) is 0 Å². The molecule has 1 fully saturated rings. The van der Waals surface area contributed by atoms with Crippen molar-refractivity contribution in [1.29, 1.82) is 0 Å². The van der Waals surface area contributed by atoms with Crippen molar-refractivity contribution < 1.29 is 0 Å². The van der Waals surface area contributed by atoms with Crippen LogP contribution in [0.15, 0.2) is 73.8 Å². The standard InChI is InChI=1S/C18H14N8.C14H18N8.CH5N/c1-25-11-15(8-21-25)16-9-20-17-18(22-16)26(24-23-17)10-12-2-3-14-7-19-5-4-13(14)6-12;1-21-14-13(19-20-21)16-7-12(18-14)11-6-17-22(9-11)8-10-2-4-15-5-3-10;1-2/h2-9,11H,10H2,1H3;6-7,9-10,15H,2-5,8H2,1H3;2H2,1H3. The second-order valence-electron chi connectivity index (χ2n) is 11.9. The summed E-state index contributed by atoms with van der Waals surface area (Å²) < 4.78 is 7.15. The molecule has 0 saturated carbocycles. The molecule has 254 valence electrons. The van der Waals surface area contributed by atoms with Gasteiger partial charge < -0.3 is 11.1 Å². The van der Waals surface area contributed by atoms with Crippen molar-refractivity contribution in [2.24, 2.45) is 25.7 Å². The molecule has 0 bridgehead atoms. The molecular formula is C33H37N17. The minimum atomic E-state index is 0.530. The Morgan fingerprint density at radius 1 is 0.780 bits per heavy atom. The van der Waals surface area contributed by atoms with E-state index in [0.717, 1.165) is 58.5 Å². The molecular weight excluding hydrogens is 634 g/mol. The van der Waals surface area contributed by atoms with Crippen molar-refractivity contribution in [2.45, 2.75) is 25.9 Å².